The number of halogens is 5. The number of alkyl halides is 3. The summed E-state index contributed by atoms with van der Waals surface area (Å²) >= 11 is 8.10. The van der Waals surface area contributed by atoms with E-state index in [1.54, 1.807) is 19.1 Å². The first-order valence-electron chi connectivity index (χ1n) is 12.2. The molecule has 214 valence electrons. The number of aryl methyl sites for hydroxylation is 2. The number of barbiturate groups is 1. The van der Waals surface area contributed by atoms with Crippen molar-refractivity contribution in [3.05, 3.63) is 90.5 Å². The van der Waals surface area contributed by atoms with Crippen molar-refractivity contribution in [3.8, 4) is 11.5 Å². The smallest absolute Gasteiger partial charge is 0.416 e. The number of carbonyl (C=O) groups excluding carboxylic acids is 3. The number of imide groups is 2. The molecule has 1 heterocycles. The maximum Gasteiger partial charge on any atom is 0.416 e. The number of rotatable bonds is 7. The molecule has 1 saturated heterocycles. The van der Waals surface area contributed by atoms with E-state index in [9.17, 15) is 27.6 Å². The van der Waals surface area contributed by atoms with Crippen LogP contribution in [-0.2, 0) is 22.4 Å². The molecule has 1 aliphatic rings. The summed E-state index contributed by atoms with van der Waals surface area (Å²) in [6, 6.07) is 10.2. The van der Waals surface area contributed by atoms with Crippen molar-refractivity contribution in [1.29, 1.82) is 0 Å². The minimum atomic E-state index is -4.75. The highest BCUT2D eigenvalue weighted by Gasteiger charge is 2.39. The Balaban J connectivity index is 1.69. The van der Waals surface area contributed by atoms with Gasteiger partial charge in [-0.25, -0.2) is 9.69 Å². The van der Waals surface area contributed by atoms with Crippen molar-refractivity contribution >= 4 is 63.8 Å². The van der Waals surface area contributed by atoms with Gasteiger partial charge in [0.05, 0.1) is 26.5 Å². The molecule has 0 atom stereocenters. The fourth-order valence-electron chi connectivity index (χ4n) is 4.03. The van der Waals surface area contributed by atoms with Crippen LogP contribution in [0.4, 0.5) is 23.7 Å². The number of nitrogens with one attached hydrogen (secondary N) is 1. The molecule has 4 rings (SSSR count). The fourth-order valence-corrected chi connectivity index (χ4v) is 5.01. The molecule has 0 aromatic heterocycles. The zero-order chi connectivity index (χ0) is 30.1. The molecule has 7 nitrogen and oxygen atoms in total. The third-order valence-electron chi connectivity index (χ3n) is 6.21. The van der Waals surface area contributed by atoms with Gasteiger partial charge in [-0.3, -0.25) is 14.9 Å². The summed E-state index contributed by atoms with van der Waals surface area (Å²) in [6.07, 6.45) is -3.53. The van der Waals surface area contributed by atoms with Crippen molar-refractivity contribution in [2.75, 3.05) is 11.5 Å². The van der Waals surface area contributed by atoms with Gasteiger partial charge in [-0.15, -0.1) is 0 Å². The molecule has 12 heteroatoms. The molecule has 0 aliphatic carbocycles. The Hall–Kier alpha value is -3.58. The van der Waals surface area contributed by atoms with E-state index < -0.39 is 40.8 Å². The zero-order valence-corrected chi connectivity index (χ0v) is 24.9. The maximum atomic E-state index is 13.3. The van der Waals surface area contributed by atoms with Crippen LogP contribution < -0.4 is 19.7 Å². The minimum absolute atomic E-state index is 0.271. The van der Waals surface area contributed by atoms with E-state index in [4.69, 9.17) is 21.1 Å². The van der Waals surface area contributed by atoms with Crippen LogP contribution in [0, 0.1) is 17.4 Å². The molecule has 41 heavy (non-hydrogen) atoms. The molecule has 0 spiro atoms. The Kier molecular flexibility index (Phi) is 8.97. The Morgan fingerprint density at radius 3 is 2.39 bits per heavy atom. The average molecular weight is 699 g/mol. The SMILES string of the molecule is CCOc1cc(/C=C2/C(=O)NC(=O)N(c3cc(C(F)(F)F)ccc3Cl)C2=O)cc(I)c1OCc1ccc(C)c(C)c1. The highest BCUT2D eigenvalue weighted by Crippen LogP contribution is 2.38. The number of amides is 4. The van der Waals surface area contributed by atoms with Gasteiger partial charge in [0.15, 0.2) is 11.5 Å². The first-order valence-corrected chi connectivity index (χ1v) is 13.7. The van der Waals surface area contributed by atoms with E-state index in [2.05, 4.69) is 0 Å². The number of hydrogen-bond donors (Lipinski definition) is 1. The highest BCUT2D eigenvalue weighted by atomic mass is 127. The van der Waals surface area contributed by atoms with E-state index in [-0.39, 0.29) is 11.6 Å². The third-order valence-corrected chi connectivity index (χ3v) is 7.33. The summed E-state index contributed by atoms with van der Waals surface area (Å²) in [5.41, 5.74) is 1.49. The van der Waals surface area contributed by atoms with Crippen molar-refractivity contribution in [1.82, 2.24) is 5.32 Å². The lowest BCUT2D eigenvalue weighted by atomic mass is 10.1. The molecule has 4 amide bonds. The van der Waals surface area contributed by atoms with Gasteiger partial charge in [0, 0.05) is 0 Å². The molecule has 0 unspecified atom stereocenters. The molecular weight excluding hydrogens is 676 g/mol. The van der Waals surface area contributed by atoms with Gasteiger partial charge in [0.1, 0.15) is 12.2 Å². The minimum Gasteiger partial charge on any atom is -0.490 e. The molecular formula is C29H23ClF3IN2O5. The second-order valence-electron chi connectivity index (χ2n) is 9.09. The van der Waals surface area contributed by atoms with E-state index in [0.717, 1.165) is 28.8 Å². The topological polar surface area (TPSA) is 84.9 Å². The number of carbonyl (C=O) groups is 3. The molecule has 0 saturated carbocycles. The molecule has 3 aromatic rings. The standard InChI is InChI=1S/C29H23ClF3IN2O5/c1-4-40-24-12-18(11-22(34)25(24)41-14-17-6-5-15(2)16(3)9-17)10-20-26(37)35-28(39)36(27(20)38)23-13-19(29(31,32)33)7-8-21(23)30/h5-13H,4,14H2,1-3H3,(H,35,37,39)/b20-10-. The van der Waals surface area contributed by atoms with Crippen molar-refractivity contribution in [2.24, 2.45) is 0 Å². The van der Waals surface area contributed by atoms with Gasteiger partial charge in [-0.2, -0.15) is 13.2 Å². The number of anilines is 1. The molecule has 0 bridgehead atoms. The summed E-state index contributed by atoms with van der Waals surface area (Å²) in [4.78, 5) is 38.9. The number of hydrogen-bond acceptors (Lipinski definition) is 5. The maximum absolute atomic E-state index is 13.3. The molecule has 1 N–H and O–H groups in total. The Morgan fingerprint density at radius 1 is 1.00 bits per heavy atom. The van der Waals surface area contributed by atoms with Crippen LogP contribution in [0.15, 0.2) is 54.1 Å². The van der Waals surface area contributed by atoms with Crippen LogP contribution in [0.2, 0.25) is 5.02 Å². The largest absolute Gasteiger partial charge is 0.490 e. The Labute approximate surface area is 252 Å². The predicted molar refractivity (Wildman–Crippen MR) is 156 cm³/mol. The van der Waals surface area contributed by atoms with Crippen molar-refractivity contribution < 1.29 is 37.0 Å². The van der Waals surface area contributed by atoms with Gasteiger partial charge >= 0.3 is 12.2 Å². The zero-order valence-electron chi connectivity index (χ0n) is 22.0. The summed E-state index contributed by atoms with van der Waals surface area (Å²) in [5, 5.41) is 1.70. The van der Waals surface area contributed by atoms with Gasteiger partial charge in [-0.1, -0.05) is 29.8 Å². The first kappa shape index (κ1) is 30.4. The highest BCUT2D eigenvalue weighted by molar-refractivity contribution is 14.1. The van der Waals surface area contributed by atoms with Crippen LogP contribution in [-0.4, -0.2) is 24.5 Å². The van der Waals surface area contributed by atoms with Gasteiger partial charge in [0.25, 0.3) is 11.8 Å². The number of benzene rings is 3. The molecule has 1 fully saturated rings. The Morgan fingerprint density at radius 2 is 1.73 bits per heavy atom. The summed E-state index contributed by atoms with van der Waals surface area (Å²) < 4.78 is 52.4. The van der Waals surface area contributed by atoms with Gasteiger partial charge in [-0.05, 0) is 102 Å². The number of nitrogens with zero attached hydrogens (tertiary/aromatic N) is 1. The molecule has 1 aliphatic heterocycles. The van der Waals surface area contributed by atoms with Crippen molar-refractivity contribution in [3.63, 3.8) is 0 Å². The van der Waals surface area contributed by atoms with Crippen molar-refractivity contribution in [2.45, 2.75) is 33.6 Å². The normalized spacial score (nSPS) is 14.9. The predicted octanol–water partition coefficient (Wildman–Crippen LogP) is 7.22. The van der Waals surface area contributed by atoms with E-state index in [1.807, 2.05) is 60.0 Å². The number of urea groups is 1. The second-order valence-corrected chi connectivity index (χ2v) is 10.7. The lowest BCUT2D eigenvalue weighted by Gasteiger charge is -2.27. The van der Waals surface area contributed by atoms with E-state index in [0.29, 0.717) is 38.2 Å². The van der Waals surface area contributed by atoms with Crippen LogP contribution in [0.3, 0.4) is 0 Å². The monoisotopic (exact) mass is 698 g/mol. The Bertz CT molecular complexity index is 1590. The fraction of sp³-hybridized carbons (Fsp3) is 0.207. The lowest BCUT2D eigenvalue weighted by molar-refractivity contribution is -0.137. The lowest BCUT2D eigenvalue weighted by Crippen LogP contribution is -2.54. The second kappa shape index (κ2) is 12.1. The van der Waals surface area contributed by atoms with Gasteiger partial charge in [0.2, 0.25) is 0 Å². The average Bonchev–Trinajstić information content (AvgIpc) is 2.88. The van der Waals surface area contributed by atoms with Gasteiger partial charge < -0.3 is 9.47 Å². The third kappa shape index (κ3) is 6.67. The van der Waals surface area contributed by atoms with Crippen LogP contribution in [0.1, 0.15) is 34.7 Å². The summed E-state index contributed by atoms with van der Waals surface area (Å²) in [6.45, 7) is 6.38. The summed E-state index contributed by atoms with van der Waals surface area (Å²) in [7, 11) is 0. The summed E-state index contributed by atoms with van der Waals surface area (Å²) in [5.74, 6) is -1.34. The first-order chi connectivity index (χ1) is 19.3. The molecule has 3 aromatic carbocycles. The van der Waals surface area contributed by atoms with E-state index >= 15 is 0 Å². The van der Waals surface area contributed by atoms with Crippen LogP contribution in [0.25, 0.3) is 6.08 Å². The number of ether oxygens (including phenoxy) is 2. The van der Waals surface area contributed by atoms with E-state index in [1.165, 1.54) is 6.08 Å². The van der Waals surface area contributed by atoms with Crippen LogP contribution in [0.5, 0.6) is 11.5 Å². The quantitative estimate of drug-likeness (QED) is 0.160. The molecule has 0 radical (unpaired) electrons. The van der Waals surface area contributed by atoms with Crippen LogP contribution >= 0.6 is 34.2 Å².